The molecule has 0 aliphatic rings. The maximum Gasteiger partial charge on any atom is 0.269 e. The van der Waals surface area contributed by atoms with Crippen LogP contribution >= 0.6 is 0 Å². The number of carbonyl (C=O) groups is 2. The predicted octanol–water partition coefficient (Wildman–Crippen LogP) is 0.978. The molecule has 0 saturated heterocycles. The van der Waals surface area contributed by atoms with E-state index in [0.717, 1.165) is 5.56 Å². The Labute approximate surface area is 110 Å². The van der Waals surface area contributed by atoms with Gasteiger partial charge in [-0.25, -0.2) is 10.9 Å². The highest BCUT2D eigenvalue weighted by Crippen LogP contribution is 2.01. The lowest BCUT2D eigenvalue weighted by atomic mass is 10.1. The molecule has 0 radical (unpaired) electrons. The lowest BCUT2D eigenvalue weighted by Crippen LogP contribution is -2.22. The molecule has 0 aliphatic heterocycles. The molecule has 0 spiro atoms. The number of nitrogens with zero attached hydrogens (tertiary/aromatic N) is 1. The van der Waals surface area contributed by atoms with Crippen molar-refractivity contribution in [3.05, 3.63) is 48.0 Å². The smallest absolute Gasteiger partial charge is 0.269 e. The summed E-state index contributed by atoms with van der Waals surface area (Å²) in [5.41, 5.74) is 4.79. The maximum absolute atomic E-state index is 11.4. The van der Waals surface area contributed by atoms with Gasteiger partial charge in [-0.1, -0.05) is 36.9 Å². The molecule has 0 aliphatic carbocycles. The van der Waals surface area contributed by atoms with E-state index in [1.165, 1.54) is 11.7 Å². The van der Waals surface area contributed by atoms with E-state index in [0.29, 0.717) is 0 Å². The van der Waals surface area contributed by atoms with Gasteiger partial charge in [0.05, 0.1) is 6.21 Å². The minimum atomic E-state index is -0.694. The van der Waals surface area contributed by atoms with Gasteiger partial charge in [-0.15, -0.1) is 0 Å². The monoisotopic (exact) mass is 261 g/mol. The molecule has 19 heavy (non-hydrogen) atoms. The number of benzene rings is 1. The summed E-state index contributed by atoms with van der Waals surface area (Å²) in [6.45, 7) is 3.43. The minimum absolute atomic E-state index is 0.0678. The Balaban J connectivity index is 2.31. The Morgan fingerprint density at radius 2 is 1.95 bits per heavy atom. The normalized spacial score (nSPS) is 10.2. The number of rotatable bonds is 6. The summed E-state index contributed by atoms with van der Waals surface area (Å²) in [6, 6.07) is 9.31. The van der Waals surface area contributed by atoms with E-state index in [1.807, 2.05) is 30.3 Å². The van der Waals surface area contributed by atoms with E-state index in [4.69, 9.17) is 5.21 Å². The molecule has 0 saturated carbocycles. The van der Waals surface area contributed by atoms with Crippen molar-refractivity contribution in [1.29, 1.82) is 0 Å². The fourth-order valence-corrected chi connectivity index (χ4v) is 1.23. The van der Waals surface area contributed by atoms with Crippen LogP contribution in [-0.2, 0) is 9.59 Å². The molecule has 1 rings (SSSR count). The van der Waals surface area contributed by atoms with Crippen LogP contribution < -0.4 is 10.9 Å². The van der Waals surface area contributed by atoms with Crippen LogP contribution in [0, 0.1) is 0 Å². The molecule has 0 aromatic heterocycles. The van der Waals surface area contributed by atoms with Gasteiger partial charge in [0.2, 0.25) is 5.91 Å². The number of carbonyl (C=O) groups excluding carboxylic acids is 2. The fraction of sp³-hybridized carbons (Fsp3) is 0.154. The third-order valence-electron chi connectivity index (χ3n) is 2.28. The van der Waals surface area contributed by atoms with Crippen molar-refractivity contribution in [2.45, 2.75) is 12.8 Å². The number of hydroxylamine groups is 1. The summed E-state index contributed by atoms with van der Waals surface area (Å²) in [5, 5.41) is 12.1. The zero-order valence-electron chi connectivity index (χ0n) is 10.3. The van der Waals surface area contributed by atoms with Crippen LogP contribution in [0.25, 0.3) is 0 Å². The summed E-state index contributed by atoms with van der Waals surface area (Å²) in [6.07, 6.45) is 1.74. The highest BCUT2D eigenvalue weighted by atomic mass is 16.5. The fourth-order valence-electron chi connectivity index (χ4n) is 1.23. The zero-order valence-corrected chi connectivity index (χ0v) is 10.3. The molecule has 0 heterocycles. The number of hydrogen-bond acceptors (Lipinski definition) is 4. The number of hydrogen-bond donors (Lipinski definition) is 3. The average molecular weight is 261 g/mol. The van der Waals surface area contributed by atoms with Crippen LogP contribution in [0.2, 0.25) is 0 Å². The Morgan fingerprint density at radius 3 is 2.58 bits per heavy atom. The van der Waals surface area contributed by atoms with Crippen LogP contribution in [0.3, 0.4) is 0 Å². The highest BCUT2D eigenvalue weighted by Gasteiger charge is 2.07. The molecule has 0 fully saturated rings. The summed E-state index contributed by atoms with van der Waals surface area (Å²) < 4.78 is 0. The third kappa shape index (κ3) is 5.60. The topological polar surface area (TPSA) is 90.8 Å². The van der Waals surface area contributed by atoms with Gasteiger partial charge in [-0.2, -0.15) is 5.10 Å². The number of amides is 2. The summed E-state index contributed by atoms with van der Waals surface area (Å²) in [4.78, 5) is 22.3. The Hall–Kier alpha value is -2.47. The van der Waals surface area contributed by atoms with Gasteiger partial charge < -0.3 is 0 Å². The zero-order chi connectivity index (χ0) is 14.1. The van der Waals surface area contributed by atoms with Crippen LogP contribution in [0.4, 0.5) is 0 Å². The van der Waals surface area contributed by atoms with Gasteiger partial charge in [-0.3, -0.25) is 14.8 Å². The van der Waals surface area contributed by atoms with Crippen molar-refractivity contribution in [3.8, 4) is 0 Å². The molecule has 100 valence electrons. The molecular weight excluding hydrogens is 246 g/mol. The van der Waals surface area contributed by atoms with Gasteiger partial charge in [0.1, 0.15) is 0 Å². The first kappa shape index (κ1) is 14.6. The first-order valence-electron chi connectivity index (χ1n) is 5.62. The largest absolute Gasteiger partial charge is 0.288 e. The Bertz CT molecular complexity index is 483. The molecule has 0 bridgehead atoms. The SMILES string of the molecule is C=C(CCC(=O)N/N=C/c1ccccc1)C(=O)NO. The molecule has 1 aromatic carbocycles. The van der Waals surface area contributed by atoms with Gasteiger partial charge in [-0.05, 0) is 12.0 Å². The number of nitrogens with one attached hydrogen (secondary N) is 2. The highest BCUT2D eigenvalue weighted by molar-refractivity contribution is 5.92. The van der Waals surface area contributed by atoms with Crippen molar-refractivity contribution in [2.75, 3.05) is 0 Å². The first-order valence-corrected chi connectivity index (χ1v) is 5.62. The predicted molar refractivity (Wildman–Crippen MR) is 70.5 cm³/mol. The van der Waals surface area contributed by atoms with Gasteiger partial charge in [0, 0.05) is 12.0 Å². The molecule has 0 atom stereocenters. The van der Waals surface area contributed by atoms with E-state index in [9.17, 15) is 9.59 Å². The van der Waals surface area contributed by atoms with Crippen LogP contribution in [0.1, 0.15) is 18.4 Å². The summed E-state index contributed by atoms with van der Waals surface area (Å²) in [5.74, 6) is -1.03. The first-order chi connectivity index (χ1) is 9.13. The lowest BCUT2D eigenvalue weighted by molar-refractivity contribution is -0.125. The van der Waals surface area contributed by atoms with Crippen LogP contribution in [0.5, 0.6) is 0 Å². The van der Waals surface area contributed by atoms with E-state index >= 15 is 0 Å². The average Bonchev–Trinajstić information content (AvgIpc) is 2.45. The minimum Gasteiger partial charge on any atom is -0.288 e. The molecule has 0 unspecified atom stereocenters. The van der Waals surface area contributed by atoms with E-state index in [-0.39, 0.29) is 24.3 Å². The molecule has 3 N–H and O–H groups in total. The van der Waals surface area contributed by atoms with Crippen molar-refractivity contribution >= 4 is 18.0 Å². The van der Waals surface area contributed by atoms with Gasteiger partial charge >= 0.3 is 0 Å². The van der Waals surface area contributed by atoms with E-state index in [1.54, 1.807) is 0 Å². The second-order valence-electron chi connectivity index (χ2n) is 3.75. The molecular formula is C13H15N3O3. The van der Waals surface area contributed by atoms with Crippen molar-refractivity contribution in [1.82, 2.24) is 10.9 Å². The Morgan fingerprint density at radius 1 is 1.26 bits per heavy atom. The van der Waals surface area contributed by atoms with Crippen molar-refractivity contribution < 1.29 is 14.8 Å². The van der Waals surface area contributed by atoms with Gasteiger partial charge in [0.25, 0.3) is 5.91 Å². The quantitative estimate of drug-likeness (QED) is 0.308. The second-order valence-corrected chi connectivity index (χ2v) is 3.75. The van der Waals surface area contributed by atoms with Crippen molar-refractivity contribution in [2.24, 2.45) is 5.10 Å². The Kier molecular flexibility index (Phi) is 5.97. The second kappa shape index (κ2) is 7.78. The lowest BCUT2D eigenvalue weighted by Gasteiger charge is -2.02. The van der Waals surface area contributed by atoms with E-state index < -0.39 is 5.91 Å². The summed E-state index contributed by atoms with van der Waals surface area (Å²) in [7, 11) is 0. The van der Waals surface area contributed by atoms with Gasteiger partial charge in [0.15, 0.2) is 0 Å². The molecule has 6 heteroatoms. The van der Waals surface area contributed by atoms with Crippen LogP contribution in [0.15, 0.2) is 47.6 Å². The molecule has 1 aromatic rings. The maximum atomic E-state index is 11.4. The standard InChI is InChI=1S/C13H15N3O3/c1-10(13(18)16-19)7-8-12(17)15-14-9-11-5-3-2-4-6-11/h2-6,9,19H,1,7-8H2,(H,15,17)(H,16,18)/b14-9+. The van der Waals surface area contributed by atoms with E-state index in [2.05, 4.69) is 17.1 Å². The molecule has 2 amide bonds. The number of hydrazone groups is 1. The van der Waals surface area contributed by atoms with Crippen molar-refractivity contribution in [3.63, 3.8) is 0 Å². The van der Waals surface area contributed by atoms with Crippen LogP contribution in [-0.4, -0.2) is 23.2 Å². The summed E-state index contributed by atoms with van der Waals surface area (Å²) >= 11 is 0. The third-order valence-corrected chi connectivity index (χ3v) is 2.28. The molecule has 6 nitrogen and oxygen atoms in total.